The van der Waals surface area contributed by atoms with E-state index in [0.717, 1.165) is 0 Å². The summed E-state index contributed by atoms with van der Waals surface area (Å²) in [5.74, 6) is -6.13. The Bertz CT molecular complexity index is 1270. The Labute approximate surface area is 188 Å². The second kappa shape index (κ2) is 8.53. The van der Waals surface area contributed by atoms with Gasteiger partial charge in [0, 0.05) is 42.3 Å². The van der Waals surface area contributed by atoms with E-state index in [1.165, 1.54) is 37.6 Å². The van der Waals surface area contributed by atoms with Crippen molar-refractivity contribution in [3.8, 4) is 5.75 Å². The van der Waals surface area contributed by atoms with Crippen LogP contribution in [-0.4, -0.2) is 28.9 Å². The highest BCUT2D eigenvalue weighted by atomic mass is 19.3. The fourth-order valence-electron chi connectivity index (χ4n) is 4.98. The lowest BCUT2D eigenvalue weighted by Gasteiger charge is -2.41. The van der Waals surface area contributed by atoms with Crippen LogP contribution in [0, 0.1) is 11.7 Å². The summed E-state index contributed by atoms with van der Waals surface area (Å²) in [7, 11) is 1.40. The first-order valence-electron chi connectivity index (χ1n) is 10.7. The first kappa shape index (κ1) is 22.8. The number of hydrogen-bond donors (Lipinski definition) is 2. The molecular formula is C24H24F3N3O3. The van der Waals surface area contributed by atoms with Gasteiger partial charge in [0.25, 0.3) is 11.8 Å². The Balaban J connectivity index is 1.90. The predicted molar refractivity (Wildman–Crippen MR) is 117 cm³/mol. The molecule has 0 saturated heterocycles. The lowest BCUT2D eigenvalue weighted by atomic mass is 9.67. The topological polar surface area (TPSA) is 98.1 Å². The van der Waals surface area contributed by atoms with Crippen molar-refractivity contribution in [3.63, 3.8) is 0 Å². The van der Waals surface area contributed by atoms with Crippen LogP contribution >= 0.6 is 0 Å². The molecular weight excluding hydrogens is 435 g/mol. The fraction of sp³-hybridized carbons (Fsp3) is 0.375. The molecule has 4 rings (SSSR count). The van der Waals surface area contributed by atoms with E-state index < -0.39 is 47.3 Å². The van der Waals surface area contributed by atoms with Crippen molar-refractivity contribution in [2.24, 2.45) is 11.7 Å². The molecule has 1 aromatic carbocycles. The molecule has 33 heavy (non-hydrogen) atoms. The van der Waals surface area contributed by atoms with Gasteiger partial charge in [-0.1, -0.05) is 13.0 Å². The van der Waals surface area contributed by atoms with E-state index in [-0.39, 0.29) is 35.2 Å². The lowest BCUT2D eigenvalue weighted by Crippen LogP contribution is -2.39. The van der Waals surface area contributed by atoms with Crippen molar-refractivity contribution in [1.82, 2.24) is 9.97 Å². The monoisotopic (exact) mass is 459 g/mol. The lowest BCUT2D eigenvalue weighted by molar-refractivity contribution is -0.0985. The second-order valence-electron chi connectivity index (χ2n) is 8.44. The first-order valence-corrected chi connectivity index (χ1v) is 10.7. The van der Waals surface area contributed by atoms with Gasteiger partial charge in [-0.3, -0.25) is 14.6 Å². The molecule has 1 saturated carbocycles. The maximum absolute atomic E-state index is 15.1. The summed E-state index contributed by atoms with van der Waals surface area (Å²) in [5.41, 5.74) is 5.81. The largest absolute Gasteiger partial charge is 0.496 e. The highest BCUT2D eigenvalue weighted by molar-refractivity contribution is 6.03. The zero-order valence-electron chi connectivity index (χ0n) is 18.2. The Morgan fingerprint density at radius 3 is 2.70 bits per heavy atom. The molecule has 3 aromatic rings. The van der Waals surface area contributed by atoms with Gasteiger partial charge in [-0.05, 0) is 36.5 Å². The standard InChI is InChI=1S/C24H24F3N3O3/c1-3-12-8-15(14-5-4-13(25)9-20(14)33-2)16(11-24(12,26)27)18-10-19(31)21-17(30-18)6-7-29-22(21)23(28)32/h4-7,9-10,12,15-16H,3,8,11H2,1-2H3,(H2,28,32)(H,30,31). The molecule has 1 aliphatic rings. The van der Waals surface area contributed by atoms with Crippen molar-refractivity contribution >= 4 is 16.8 Å². The number of ether oxygens (including phenoxy) is 1. The molecule has 3 N–H and O–H groups in total. The van der Waals surface area contributed by atoms with Gasteiger partial charge >= 0.3 is 0 Å². The van der Waals surface area contributed by atoms with Gasteiger partial charge in [0.05, 0.1) is 18.0 Å². The Morgan fingerprint density at radius 1 is 1.27 bits per heavy atom. The summed E-state index contributed by atoms with van der Waals surface area (Å²) in [4.78, 5) is 31.6. The number of benzene rings is 1. The number of carbonyl (C=O) groups is 1. The number of H-pyrrole nitrogens is 1. The zero-order chi connectivity index (χ0) is 23.9. The van der Waals surface area contributed by atoms with E-state index in [0.29, 0.717) is 11.3 Å². The summed E-state index contributed by atoms with van der Waals surface area (Å²) in [6, 6.07) is 6.78. The number of primary amides is 1. The number of aromatic amines is 1. The summed E-state index contributed by atoms with van der Waals surface area (Å²) in [6.45, 7) is 1.72. The number of methoxy groups -OCH3 is 1. The van der Waals surface area contributed by atoms with Crippen LogP contribution in [0.5, 0.6) is 5.75 Å². The Morgan fingerprint density at radius 2 is 2.03 bits per heavy atom. The average molecular weight is 459 g/mol. The van der Waals surface area contributed by atoms with Gasteiger partial charge in [-0.25, -0.2) is 13.2 Å². The Kier molecular flexibility index (Phi) is 5.90. The number of nitrogens with zero attached hydrogens (tertiary/aromatic N) is 1. The number of alkyl halides is 2. The molecule has 0 radical (unpaired) electrons. The molecule has 0 spiro atoms. The molecule has 6 nitrogen and oxygen atoms in total. The molecule has 2 heterocycles. The molecule has 3 unspecified atom stereocenters. The molecule has 1 fully saturated rings. The number of amides is 1. The number of aromatic nitrogens is 2. The number of pyridine rings is 2. The van der Waals surface area contributed by atoms with E-state index in [4.69, 9.17) is 10.5 Å². The molecule has 174 valence electrons. The number of halogens is 3. The van der Waals surface area contributed by atoms with Gasteiger partial charge in [0.15, 0.2) is 5.43 Å². The summed E-state index contributed by atoms with van der Waals surface area (Å²) < 4.78 is 49.3. The smallest absolute Gasteiger partial charge is 0.268 e. The molecule has 1 amide bonds. The van der Waals surface area contributed by atoms with Crippen molar-refractivity contribution in [2.75, 3.05) is 7.11 Å². The van der Waals surface area contributed by atoms with Crippen LogP contribution in [0.4, 0.5) is 13.2 Å². The maximum atomic E-state index is 15.1. The summed E-state index contributed by atoms with van der Waals surface area (Å²) in [5, 5.41) is 0.0127. The van der Waals surface area contributed by atoms with Gasteiger partial charge in [-0.15, -0.1) is 0 Å². The fourth-order valence-corrected chi connectivity index (χ4v) is 4.98. The number of fused-ring (bicyclic) bond motifs is 1. The van der Waals surface area contributed by atoms with E-state index in [9.17, 15) is 14.0 Å². The molecule has 0 bridgehead atoms. The number of rotatable bonds is 5. The van der Waals surface area contributed by atoms with Crippen molar-refractivity contribution in [1.29, 1.82) is 0 Å². The highest BCUT2D eigenvalue weighted by Crippen LogP contribution is 2.54. The van der Waals surface area contributed by atoms with Crippen molar-refractivity contribution < 1.29 is 22.7 Å². The van der Waals surface area contributed by atoms with E-state index >= 15 is 8.78 Å². The molecule has 1 aliphatic carbocycles. The van der Waals surface area contributed by atoms with Gasteiger partial charge in [-0.2, -0.15) is 0 Å². The minimum absolute atomic E-state index is 0.0127. The highest BCUT2D eigenvalue weighted by Gasteiger charge is 2.49. The van der Waals surface area contributed by atoms with Gasteiger partial charge in [0.2, 0.25) is 0 Å². The van der Waals surface area contributed by atoms with Crippen LogP contribution in [0.2, 0.25) is 0 Å². The first-order chi connectivity index (χ1) is 15.7. The second-order valence-corrected chi connectivity index (χ2v) is 8.44. The third kappa shape index (κ3) is 4.07. The number of hydrogen-bond acceptors (Lipinski definition) is 4. The number of carbonyl (C=O) groups excluding carboxylic acids is 1. The number of nitrogens with two attached hydrogens (primary N) is 1. The van der Waals surface area contributed by atoms with E-state index in [1.54, 1.807) is 13.0 Å². The van der Waals surface area contributed by atoms with Crippen LogP contribution in [0.1, 0.15) is 59.8 Å². The number of nitrogens with one attached hydrogen (secondary N) is 1. The van der Waals surface area contributed by atoms with Crippen molar-refractivity contribution in [3.05, 3.63) is 69.5 Å². The van der Waals surface area contributed by atoms with Crippen LogP contribution in [-0.2, 0) is 0 Å². The summed E-state index contributed by atoms with van der Waals surface area (Å²) in [6.07, 6.45) is 1.25. The minimum atomic E-state index is -2.95. The van der Waals surface area contributed by atoms with Crippen LogP contribution in [0.25, 0.3) is 10.9 Å². The van der Waals surface area contributed by atoms with E-state index in [2.05, 4.69) is 9.97 Å². The zero-order valence-corrected chi connectivity index (χ0v) is 18.2. The third-order valence-corrected chi connectivity index (χ3v) is 6.60. The molecule has 9 heteroatoms. The quantitative estimate of drug-likeness (QED) is 0.587. The van der Waals surface area contributed by atoms with Crippen molar-refractivity contribution in [2.45, 2.75) is 43.9 Å². The van der Waals surface area contributed by atoms with Gasteiger partial charge in [0.1, 0.15) is 17.3 Å². The maximum Gasteiger partial charge on any atom is 0.268 e. The third-order valence-electron chi connectivity index (χ3n) is 6.60. The average Bonchev–Trinajstić information content (AvgIpc) is 2.78. The van der Waals surface area contributed by atoms with Crippen LogP contribution in [0.3, 0.4) is 0 Å². The normalized spacial score (nSPS) is 22.3. The van der Waals surface area contributed by atoms with Crippen LogP contribution < -0.4 is 15.9 Å². The van der Waals surface area contributed by atoms with Gasteiger partial charge < -0.3 is 15.5 Å². The molecule has 2 aromatic heterocycles. The van der Waals surface area contributed by atoms with E-state index in [1.807, 2.05) is 0 Å². The minimum Gasteiger partial charge on any atom is -0.496 e. The predicted octanol–water partition coefficient (Wildman–Crippen LogP) is 4.49. The van der Waals surface area contributed by atoms with Crippen LogP contribution in [0.15, 0.2) is 41.3 Å². The molecule has 3 atom stereocenters. The summed E-state index contributed by atoms with van der Waals surface area (Å²) >= 11 is 0. The molecule has 0 aliphatic heterocycles. The Hall–Kier alpha value is -3.36. The SMILES string of the molecule is CCC1CC(c2ccc(F)cc2OC)C(c2cc(=O)c3c(C(N)=O)nccc3[nH]2)CC1(F)F.